The number of hydrogen-bond donors (Lipinski definition) is 1. The summed E-state index contributed by atoms with van der Waals surface area (Å²) in [7, 11) is 0. The average molecular weight is 960 g/mol. The first-order valence-electron chi connectivity index (χ1n) is 20.5. The second kappa shape index (κ2) is 14.6. The molecule has 10 rings (SSSR count). The second-order valence-electron chi connectivity index (χ2n) is 18.0. The number of para-hydroxylation sites is 1. The van der Waals surface area contributed by atoms with Crippen molar-refractivity contribution in [2.45, 2.75) is 59.3 Å². The fourth-order valence-electron chi connectivity index (χ4n) is 8.85. The molecular weight excluding hydrogens is 914 g/mol. The number of phenols is 1. The summed E-state index contributed by atoms with van der Waals surface area (Å²) in [5.41, 5.74) is 11.2. The van der Waals surface area contributed by atoms with E-state index >= 15 is 0 Å². The number of benzene rings is 8. The Morgan fingerprint density at radius 2 is 1.28 bits per heavy atom. The standard InChI is InChI=1S/C55H46N3O.Pt/c1-33-24-27-48(43(28-33)34-16-9-8-10-17-34)58-49-23-15-22-41(51(49)57-53(58)46-29-36(54(2,3)4)30-47(52(46)59)55(5,6)7)44-31-45-40(38-20-13-14-21-39(38)44)25-26-42-37-19-12-11-18-35(37)32-56-50(42)45;/h8-30,32,59H,1-7H3;/q-1;. The van der Waals surface area contributed by atoms with Gasteiger partial charge in [0.1, 0.15) is 11.6 Å². The molecular formula is C55H46N3OPt-. The van der Waals surface area contributed by atoms with E-state index in [0.717, 1.165) is 93.5 Å². The van der Waals surface area contributed by atoms with Crippen LogP contribution in [0.2, 0.25) is 0 Å². The minimum absolute atomic E-state index is 0. The van der Waals surface area contributed by atoms with E-state index in [1.807, 2.05) is 6.20 Å². The summed E-state index contributed by atoms with van der Waals surface area (Å²) >= 11 is 0. The smallest absolute Gasteiger partial charge is 0.148 e. The van der Waals surface area contributed by atoms with E-state index in [1.54, 1.807) is 0 Å². The Balaban J connectivity index is 0.00000462. The third-order valence-electron chi connectivity index (χ3n) is 12.0. The first-order chi connectivity index (χ1) is 28.4. The van der Waals surface area contributed by atoms with E-state index in [4.69, 9.17) is 9.97 Å². The van der Waals surface area contributed by atoms with E-state index in [9.17, 15) is 5.11 Å². The summed E-state index contributed by atoms with van der Waals surface area (Å²) in [5.74, 6) is 0.940. The van der Waals surface area contributed by atoms with E-state index in [0.29, 0.717) is 11.4 Å². The van der Waals surface area contributed by atoms with Crippen molar-refractivity contribution in [1.29, 1.82) is 0 Å². The normalized spacial score (nSPS) is 12.2. The van der Waals surface area contributed by atoms with Crippen LogP contribution in [0.5, 0.6) is 5.75 Å². The van der Waals surface area contributed by atoms with Crippen LogP contribution in [0.3, 0.4) is 0 Å². The van der Waals surface area contributed by atoms with Crippen LogP contribution in [0, 0.1) is 13.0 Å². The van der Waals surface area contributed by atoms with Crippen molar-refractivity contribution in [1.82, 2.24) is 14.5 Å². The zero-order valence-corrected chi connectivity index (χ0v) is 37.2. The molecule has 0 aliphatic rings. The van der Waals surface area contributed by atoms with Crippen molar-refractivity contribution < 1.29 is 26.2 Å². The molecule has 4 nitrogen and oxygen atoms in total. The maximum Gasteiger partial charge on any atom is 0.148 e. The molecule has 0 bridgehead atoms. The quantitative estimate of drug-likeness (QED) is 0.141. The zero-order chi connectivity index (χ0) is 40.8. The van der Waals surface area contributed by atoms with Gasteiger partial charge in [0.25, 0.3) is 0 Å². The number of pyridine rings is 1. The topological polar surface area (TPSA) is 50.9 Å². The van der Waals surface area contributed by atoms with Gasteiger partial charge in [-0.2, -0.15) is 0 Å². The van der Waals surface area contributed by atoms with Crippen LogP contribution in [-0.4, -0.2) is 19.6 Å². The van der Waals surface area contributed by atoms with Crippen molar-refractivity contribution in [2.75, 3.05) is 0 Å². The summed E-state index contributed by atoms with van der Waals surface area (Å²) in [4.78, 5) is 10.7. The predicted molar refractivity (Wildman–Crippen MR) is 248 cm³/mol. The molecule has 10 aromatic rings. The second-order valence-corrected chi connectivity index (χ2v) is 18.0. The van der Waals surface area contributed by atoms with Gasteiger partial charge in [0.15, 0.2) is 0 Å². The van der Waals surface area contributed by atoms with Crippen LogP contribution < -0.4 is 0 Å². The Bertz CT molecular complexity index is 3310. The molecule has 0 aliphatic carbocycles. The largest absolute Gasteiger partial charge is 0.507 e. The molecule has 0 radical (unpaired) electrons. The van der Waals surface area contributed by atoms with Crippen LogP contribution in [0.25, 0.3) is 93.6 Å². The summed E-state index contributed by atoms with van der Waals surface area (Å²) < 4.78 is 2.26. The number of aryl methyl sites for hydroxylation is 1. The Morgan fingerprint density at radius 1 is 0.583 bits per heavy atom. The van der Waals surface area contributed by atoms with Gasteiger partial charge in [-0.05, 0) is 69.3 Å². The van der Waals surface area contributed by atoms with Gasteiger partial charge in [-0.1, -0.05) is 189 Å². The molecule has 0 atom stereocenters. The molecule has 60 heavy (non-hydrogen) atoms. The van der Waals surface area contributed by atoms with Crippen LogP contribution in [0.1, 0.15) is 58.2 Å². The molecule has 0 saturated heterocycles. The number of imidazole rings is 1. The first-order valence-corrected chi connectivity index (χ1v) is 20.5. The third kappa shape index (κ3) is 6.41. The molecule has 2 heterocycles. The fourth-order valence-corrected chi connectivity index (χ4v) is 8.85. The predicted octanol–water partition coefficient (Wildman–Crippen LogP) is 14.4. The van der Waals surface area contributed by atoms with E-state index in [-0.39, 0.29) is 37.6 Å². The molecule has 1 N–H and O–H groups in total. The van der Waals surface area contributed by atoms with E-state index in [1.165, 1.54) is 5.39 Å². The summed E-state index contributed by atoms with van der Waals surface area (Å²) in [6.07, 6.45) is 1.98. The SMILES string of the molecule is Cc1ccc(-n2c(-c3cc(C(C)(C)C)cc(C(C)(C)C)c3O)nc3c(-c4[c-]c5c(ccc6c7ccccc7cnc56)c5ccccc45)cccc32)c(-c2ccccc2)c1.[Pt]. The summed E-state index contributed by atoms with van der Waals surface area (Å²) in [5, 5.41) is 20.2. The molecule has 0 unspecified atom stereocenters. The fraction of sp³-hybridized carbons (Fsp3) is 0.164. The molecule has 0 aliphatic heterocycles. The Morgan fingerprint density at radius 3 is 2.03 bits per heavy atom. The maximum atomic E-state index is 12.5. The van der Waals surface area contributed by atoms with Gasteiger partial charge in [0.2, 0.25) is 0 Å². The van der Waals surface area contributed by atoms with Crippen LogP contribution in [-0.2, 0) is 31.9 Å². The maximum absolute atomic E-state index is 12.5. The van der Waals surface area contributed by atoms with Crippen molar-refractivity contribution >= 4 is 54.3 Å². The first kappa shape index (κ1) is 39.4. The minimum Gasteiger partial charge on any atom is -0.507 e. The average Bonchev–Trinajstić information content (AvgIpc) is 3.62. The van der Waals surface area contributed by atoms with E-state index in [2.05, 4.69) is 199 Å². The van der Waals surface area contributed by atoms with Gasteiger partial charge < -0.3 is 5.11 Å². The molecule has 8 aromatic carbocycles. The number of nitrogens with zero attached hydrogens (tertiary/aromatic N) is 3. The Labute approximate surface area is 365 Å². The minimum atomic E-state index is -0.317. The zero-order valence-electron chi connectivity index (χ0n) is 35.0. The van der Waals surface area contributed by atoms with E-state index < -0.39 is 0 Å². The molecule has 0 saturated carbocycles. The number of fused-ring (bicyclic) bond motifs is 8. The number of aromatic hydroxyl groups is 1. The Hall–Kier alpha value is -6.09. The van der Waals surface area contributed by atoms with Gasteiger partial charge in [0.05, 0.1) is 22.3 Å². The van der Waals surface area contributed by atoms with Crippen molar-refractivity contribution in [3.05, 3.63) is 168 Å². The van der Waals surface area contributed by atoms with Crippen LogP contribution in [0.15, 0.2) is 146 Å². The summed E-state index contributed by atoms with van der Waals surface area (Å²) in [6.45, 7) is 15.3. The molecule has 0 fully saturated rings. The van der Waals surface area contributed by atoms with Gasteiger partial charge in [-0.3, -0.25) is 9.55 Å². The number of aromatic nitrogens is 3. The van der Waals surface area contributed by atoms with Gasteiger partial charge in [-0.25, -0.2) is 4.98 Å². The molecule has 0 spiro atoms. The summed E-state index contributed by atoms with van der Waals surface area (Å²) in [6, 6.07) is 53.4. The van der Waals surface area contributed by atoms with Crippen molar-refractivity contribution in [3.8, 4) is 45.1 Å². The number of hydrogen-bond acceptors (Lipinski definition) is 3. The Kier molecular flexibility index (Phi) is 9.56. The third-order valence-corrected chi connectivity index (χ3v) is 12.0. The van der Waals surface area contributed by atoms with Crippen molar-refractivity contribution in [3.63, 3.8) is 0 Å². The molecule has 5 heteroatoms. The number of phenolic OH excluding ortho intramolecular Hbond substituents is 1. The van der Waals surface area contributed by atoms with Gasteiger partial charge >= 0.3 is 0 Å². The van der Waals surface area contributed by atoms with Crippen LogP contribution >= 0.6 is 0 Å². The van der Waals surface area contributed by atoms with Gasteiger partial charge in [0, 0.05) is 43.9 Å². The number of rotatable bonds is 4. The molecule has 298 valence electrons. The van der Waals surface area contributed by atoms with Gasteiger partial charge in [-0.15, -0.1) is 11.6 Å². The van der Waals surface area contributed by atoms with Crippen LogP contribution in [0.4, 0.5) is 0 Å². The van der Waals surface area contributed by atoms with Crippen molar-refractivity contribution in [2.24, 2.45) is 0 Å². The molecule has 2 aromatic heterocycles. The molecule has 0 amide bonds. The monoisotopic (exact) mass is 959 g/mol.